The Balaban J connectivity index is 1.23. The minimum Gasteiger partial charge on any atom is -0.544 e. The molecule has 1 saturated heterocycles. The zero-order valence-corrected chi connectivity index (χ0v) is 43.2. The number of hydrogen-bond acceptors (Lipinski definition) is 7. The van der Waals surface area contributed by atoms with Crippen molar-refractivity contribution in [1.82, 2.24) is 23.8 Å². The van der Waals surface area contributed by atoms with Crippen LogP contribution in [0.3, 0.4) is 0 Å². The van der Waals surface area contributed by atoms with Gasteiger partial charge in [0.05, 0.1) is 11.3 Å². The van der Waals surface area contributed by atoms with Gasteiger partial charge in [0.25, 0.3) is 11.8 Å². The van der Waals surface area contributed by atoms with Gasteiger partial charge < -0.3 is 33.0 Å². The molecule has 0 spiro atoms. The highest BCUT2D eigenvalue weighted by Gasteiger charge is 2.40. The SMILES string of the molecule is Cc1c(N(C(=O)c2cc(-c3cc4c(cc3C(=O)N3Cc5ccccc5C[C@H]3CN3CCCC3)CN(C(=O)OC(C)(C)C)CC4)n(C)c2C)c2ccc(O[Si](C)(C)C(C)(C)C)cc2)cc(C#N)n1C. The number of carbonyl (C=O) groups excluding carboxylic acids is 3. The van der Waals surface area contributed by atoms with E-state index < -0.39 is 13.9 Å². The second-order valence-corrected chi connectivity index (χ2v) is 26.4. The van der Waals surface area contributed by atoms with Crippen LogP contribution in [0.4, 0.5) is 16.2 Å². The van der Waals surface area contributed by atoms with Crippen LogP contribution in [0.15, 0.2) is 72.8 Å². The molecule has 0 unspecified atom stereocenters. The molecule has 0 radical (unpaired) electrons. The van der Waals surface area contributed by atoms with Gasteiger partial charge in [-0.05, 0) is 162 Å². The molecule has 13 heteroatoms. The lowest BCUT2D eigenvalue weighted by Crippen LogP contribution is -2.49. The Bertz CT molecular complexity index is 2800. The summed E-state index contributed by atoms with van der Waals surface area (Å²) in [6, 6.07) is 26.2. The minimum atomic E-state index is -2.14. The highest BCUT2D eigenvalue weighted by atomic mass is 28.4. The number of nitriles is 1. The number of likely N-dealkylation sites (tertiary alicyclic amines) is 1. The first kappa shape index (κ1) is 48.4. The minimum absolute atomic E-state index is 0.00252. The van der Waals surface area contributed by atoms with Gasteiger partial charge in [-0.2, -0.15) is 5.26 Å². The van der Waals surface area contributed by atoms with Crippen molar-refractivity contribution >= 4 is 37.6 Å². The lowest BCUT2D eigenvalue weighted by Gasteiger charge is -2.39. The number of carbonyl (C=O) groups is 3. The first-order chi connectivity index (χ1) is 32.0. The van der Waals surface area contributed by atoms with Crippen molar-refractivity contribution in [2.24, 2.45) is 14.1 Å². The van der Waals surface area contributed by atoms with E-state index in [1.54, 1.807) is 20.4 Å². The lowest BCUT2D eigenvalue weighted by atomic mass is 9.89. The van der Waals surface area contributed by atoms with Crippen LogP contribution in [0.5, 0.6) is 5.75 Å². The van der Waals surface area contributed by atoms with Crippen molar-refractivity contribution in [3.8, 4) is 23.1 Å². The second kappa shape index (κ2) is 18.4. The molecule has 3 amide bonds. The summed E-state index contributed by atoms with van der Waals surface area (Å²) >= 11 is 0. The van der Waals surface area contributed by atoms with Crippen LogP contribution in [0.25, 0.3) is 11.3 Å². The standard InChI is InChI=1S/C55H69N7O5Si/c1-36-46(52(64)62(49-30-43(32-56)57(9)37(49)2)42-19-21-45(22-20-42)67-68(11,12)55(6,7)8)31-50(58(36)10)47-28-39-23-26-60(53(65)66-54(3,4)5)33-41(39)29-48(47)51(63)61-34-40-18-14-13-17-38(40)27-44(61)35-59-24-15-16-25-59/h13-14,17-22,28-31,44H,15-16,23-27,33-35H2,1-12H3/t44-/m0/s1. The predicted octanol–water partition coefficient (Wildman–Crippen LogP) is 10.8. The van der Waals surface area contributed by atoms with Gasteiger partial charge in [-0.3, -0.25) is 14.5 Å². The Hall–Kier alpha value is -6.10. The average Bonchev–Trinajstić information content (AvgIpc) is 3.99. The molecular formula is C55H69N7O5Si. The maximum Gasteiger partial charge on any atom is 0.410 e. The van der Waals surface area contributed by atoms with Crippen molar-refractivity contribution in [3.05, 3.63) is 123 Å². The van der Waals surface area contributed by atoms with Gasteiger partial charge in [-0.15, -0.1) is 0 Å². The summed E-state index contributed by atoms with van der Waals surface area (Å²) in [6.45, 7) is 24.6. The Kier molecular flexibility index (Phi) is 13.1. The number of anilines is 2. The number of nitrogens with zero attached hydrogens (tertiary/aromatic N) is 7. The van der Waals surface area contributed by atoms with Gasteiger partial charge >= 0.3 is 6.09 Å². The average molecular weight is 936 g/mol. The molecule has 68 heavy (non-hydrogen) atoms. The van der Waals surface area contributed by atoms with Crippen LogP contribution >= 0.6 is 0 Å². The van der Waals surface area contributed by atoms with Gasteiger partial charge in [-0.25, -0.2) is 4.79 Å². The number of rotatable bonds is 9. The van der Waals surface area contributed by atoms with E-state index in [0.717, 1.165) is 84.0 Å². The molecule has 0 N–H and O–H groups in total. The third kappa shape index (κ3) is 9.50. The summed E-state index contributed by atoms with van der Waals surface area (Å²) in [5.41, 5.74) is 9.37. The summed E-state index contributed by atoms with van der Waals surface area (Å²) < 4.78 is 16.3. The highest BCUT2D eigenvalue weighted by Crippen LogP contribution is 2.41. The van der Waals surface area contributed by atoms with Crippen LogP contribution in [-0.4, -0.2) is 87.9 Å². The van der Waals surface area contributed by atoms with Gasteiger partial charge in [-0.1, -0.05) is 45.0 Å². The smallest absolute Gasteiger partial charge is 0.410 e. The molecule has 12 nitrogen and oxygen atoms in total. The molecule has 0 bridgehead atoms. The Morgan fingerprint density at radius 2 is 1.47 bits per heavy atom. The zero-order chi connectivity index (χ0) is 49.0. The van der Waals surface area contributed by atoms with Crippen LogP contribution in [0.1, 0.15) is 114 Å². The largest absolute Gasteiger partial charge is 0.544 e. The molecule has 0 saturated carbocycles. The number of ether oxygens (including phenoxy) is 1. The van der Waals surface area contributed by atoms with Crippen molar-refractivity contribution in [2.75, 3.05) is 31.1 Å². The van der Waals surface area contributed by atoms with Crippen molar-refractivity contribution in [3.63, 3.8) is 0 Å². The van der Waals surface area contributed by atoms with E-state index in [-0.39, 0.29) is 29.0 Å². The summed E-state index contributed by atoms with van der Waals surface area (Å²) in [4.78, 5) is 52.5. The molecule has 3 aromatic carbocycles. The third-order valence-corrected chi connectivity index (χ3v) is 19.3. The van der Waals surface area contributed by atoms with E-state index in [0.29, 0.717) is 54.3 Å². The van der Waals surface area contributed by atoms with Crippen LogP contribution in [-0.2, 0) is 44.8 Å². The van der Waals surface area contributed by atoms with Crippen LogP contribution < -0.4 is 9.33 Å². The molecular weight excluding hydrogens is 867 g/mol. The fourth-order valence-corrected chi connectivity index (χ4v) is 10.7. The fraction of sp³-hybridized carbons (Fsp3) is 0.455. The maximum atomic E-state index is 15.6. The summed E-state index contributed by atoms with van der Waals surface area (Å²) in [6.07, 6.45) is 3.28. The van der Waals surface area contributed by atoms with E-state index in [2.05, 4.69) is 74.0 Å². The molecule has 358 valence electrons. The van der Waals surface area contributed by atoms with Crippen molar-refractivity contribution < 1.29 is 23.5 Å². The molecule has 3 aliphatic heterocycles. The number of amides is 3. The number of hydrogen-bond donors (Lipinski definition) is 0. The zero-order valence-electron chi connectivity index (χ0n) is 42.2. The number of benzene rings is 3. The fourth-order valence-electron chi connectivity index (χ4n) is 9.68. The van der Waals surface area contributed by atoms with Gasteiger partial charge in [0.2, 0.25) is 8.32 Å². The van der Waals surface area contributed by atoms with Crippen LogP contribution in [0.2, 0.25) is 18.1 Å². The predicted molar refractivity (Wildman–Crippen MR) is 271 cm³/mol. The number of aromatic nitrogens is 2. The third-order valence-electron chi connectivity index (χ3n) is 14.9. The number of fused-ring (bicyclic) bond motifs is 2. The van der Waals surface area contributed by atoms with Gasteiger partial charge in [0, 0.05) is 80.2 Å². The molecule has 8 rings (SSSR count). The van der Waals surface area contributed by atoms with E-state index in [9.17, 15) is 10.1 Å². The van der Waals surface area contributed by atoms with Gasteiger partial charge in [0.1, 0.15) is 23.1 Å². The monoisotopic (exact) mass is 936 g/mol. The molecule has 2 aromatic heterocycles. The normalized spacial score (nSPS) is 16.5. The van der Waals surface area contributed by atoms with E-state index >= 15 is 9.59 Å². The van der Waals surface area contributed by atoms with Crippen molar-refractivity contribution in [2.45, 2.75) is 124 Å². The Morgan fingerprint density at radius 1 is 0.794 bits per heavy atom. The first-order valence-corrected chi connectivity index (χ1v) is 27.1. The molecule has 0 aliphatic carbocycles. The van der Waals surface area contributed by atoms with E-state index in [1.807, 2.05) is 95.7 Å². The lowest BCUT2D eigenvalue weighted by molar-refractivity contribution is 0.0224. The molecule has 1 fully saturated rings. The van der Waals surface area contributed by atoms with E-state index in [1.165, 1.54) is 5.56 Å². The summed E-state index contributed by atoms with van der Waals surface area (Å²) in [5.74, 6) is 0.401. The highest BCUT2D eigenvalue weighted by molar-refractivity contribution is 6.74. The summed E-state index contributed by atoms with van der Waals surface area (Å²) in [5, 5.41) is 10.1. The molecule has 1 atom stereocenters. The molecule has 3 aliphatic rings. The quantitative estimate of drug-likeness (QED) is 0.135. The molecule has 5 heterocycles. The maximum absolute atomic E-state index is 15.6. The van der Waals surface area contributed by atoms with Crippen molar-refractivity contribution in [1.29, 1.82) is 5.26 Å². The Labute approximate surface area is 404 Å². The second-order valence-electron chi connectivity index (χ2n) is 21.6. The molecule has 5 aromatic rings. The first-order valence-electron chi connectivity index (χ1n) is 24.2. The summed E-state index contributed by atoms with van der Waals surface area (Å²) in [7, 11) is 1.64. The van der Waals surface area contributed by atoms with Crippen LogP contribution in [0, 0.1) is 25.2 Å². The van der Waals surface area contributed by atoms with Gasteiger partial charge in [0.15, 0.2) is 0 Å². The van der Waals surface area contributed by atoms with E-state index in [4.69, 9.17) is 9.16 Å². The topological polar surface area (TPSA) is 116 Å². The Morgan fingerprint density at radius 3 is 2.10 bits per heavy atom.